The van der Waals surface area contributed by atoms with Gasteiger partial charge in [-0.1, -0.05) is 28.9 Å². The van der Waals surface area contributed by atoms with Gasteiger partial charge in [0.1, 0.15) is 5.75 Å². The number of rotatable bonds is 5. The largest absolute Gasteiger partial charge is 0.497 e. The Morgan fingerprint density at radius 1 is 1.26 bits per heavy atom. The number of hydrogen-bond donors (Lipinski definition) is 1. The summed E-state index contributed by atoms with van der Waals surface area (Å²) < 4.78 is 7.45. The number of hydrogen-bond acceptors (Lipinski definition) is 3. The molecule has 19 heavy (non-hydrogen) atoms. The third-order valence-corrected chi connectivity index (χ3v) is 5.18. The summed E-state index contributed by atoms with van der Waals surface area (Å²) in [5.74, 6) is 0.859. The predicted molar refractivity (Wildman–Crippen MR) is 88.2 cm³/mol. The zero-order valence-electron chi connectivity index (χ0n) is 10.7. The summed E-state index contributed by atoms with van der Waals surface area (Å²) in [6.07, 6.45) is 0. The van der Waals surface area contributed by atoms with Crippen LogP contribution in [0.15, 0.2) is 38.6 Å². The number of thiophene rings is 1. The first-order chi connectivity index (χ1) is 9.15. The molecule has 1 atom stereocenters. The average molecular weight is 405 g/mol. The summed E-state index contributed by atoms with van der Waals surface area (Å²) >= 11 is 8.91. The van der Waals surface area contributed by atoms with Gasteiger partial charge in [-0.3, -0.25) is 0 Å². The molecule has 0 aliphatic carbocycles. The lowest BCUT2D eigenvalue weighted by Crippen LogP contribution is -2.21. The summed E-state index contributed by atoms with van der Waals surface area (Å²) in [4.78, 5) is 1.29. The van der Waals surface area contributed by atoms with Crippen LogP contribution in [0, 0.1) is 0 Å². The maximum atomic E-state index is 5.24. The second-order valence-corrected chi connectivity index (χ2v) is 7.37. The van der Waals surface area contributed by atoms with Gasteiger partial charge in [0.15, 0.2) is 0 Å². The molecule has 0 aliphatic rings. The van der Waals surface area contributed by atoms with Crippen molar-refractivity contribution in [3.8, 4) is 5.75 Å². The molecular formula is C14H15Br2NOS. The van der Waals surface area contributed by atoms with E-state index in [2.05, 4.69) is 62.3 Å². The highest BCUT2D eigenvalue weighted by Crippen LogP contribution is 2.35. The van der Waals surface area contributed by atoms with Crippen molar-refractivity contribution in [2.75, 3.05) is 13.7 Å². The van der Waals surface area contributed by atoms with Crippen LogP contribution in [0.5, 0.6) is 5.75 Å². The second kappa shape index (κ2) is 6.88. The van der Waals surface area contributed by atoms with Crippen LogP contribution in [-0.4, -0.2) is 13.7 Å². The maximum absolute atomic E-state index is 5.24. The molecule has 5 heteroatoms. The van der Waals surface area contributed by atoms with E-state index in [9.17, 15) is 0 Å². The van der Waals surface area contributed by atoms with Crippen molar-refractivity contribution >= 4 is 43.2 Å². The van der Waals surface area contributed by atoms with E-state index in [4.69, 9.17) is 4.74 Å². The van der Waals surface area contributed by atoms with Crippen LogP contribution in [-0.2, 0) is 0 Å². The van der Waals surface area contributed by atoms with Crippen molar-refractivity contribution in [3.63, 3.8) is 0 Å². The minimum Gasteiger partial charge on any atom is -0.497 e. The Bertz CT molecular complexity index is 556. The van der Waals surface area contributed by atoms with Crippen molar-refractivity contribution < 1.29 is 4.74 Å². The fourth-order valence-corrected chi connectivity index (χ4v) is 4.03. The molecule has 2 rings (SSSR count). The van der Waals surface area contributed by atoms with Gasteiger partial charge in [-0.05, 0) is 52.3 Å². The standard InChI is InChI=1S/C14H15Br2NOS/c1-3-17-14(12-6-7-13(16)19-12)10-5-4-9(18-2)8-11(10)15/h4-8,14,17H,3H2,1-2H3. The lowest BCUT2D eigenvalue weighted by molar-refractivity contribution is 0.414. The molecule has 0 amide bonds. The highest BCUT2D eigenvalue weighted by molar-refractivity contribution is 9.11. The summed E-state index contributed by atoms with van der Waals surface area (Å²) in [7, 11) is 1.68. The fourth-order valence-electron chi connectivity index (χ4n) is 1.92. The molecule has 1 aromatic heterocycles. The third-order valence-electron chi connectivity index (χ3n) is 2.81. The van der Waals surface area contributed by atoms with Crippen molar-refractivity contribution in [3.05, 3.63) is 49.0 Å². The molecule has 1 aromatic carbocycles. The molecule has 102 valence electrons. The van der Waals surface area contributed by atoms with E-state index in [0.717, 1.165) is 20.6 Å². The minimum atomic E-state index is 0.196. The van der Waals surface area contributed by atoms with Crippen molar-refractivity contribution in [1.29, 1.82) is 0 Å². The molecule has 0 saturated heterocycles. The Balaban J connectivity index is 2.39. The molecule has 0 aliphatic heterocycles. The second-order valence-electron chi connectivity index (χ2n) is 4.02. The van der Waals surface area contributed by atoms with Crippen molar-refractivity contribution in [2.24, 2.45) is 0 Å². The number of nitrogens with one attached hydrogen (secondary N) is 1. The summed E-state index contributed by atoms with van der Waals surface area (Å²) in [6, 6.07) is 10.5. The van der Waals surface area contributed by atoms with Crippen molar-refractivity contribution in [1.82, 2.24) is 5.32 Å². The van der Waals surface area contributed by atoms with E-state index in [1.54, 1.807) is 18.4 Å². The minimum absolute atomic E-state index is 0.196. The van der Waals surface area contributed by atoms with E-state index in [-0.39, 0.29) is 6.04 Å². The van der Waals surface area contributed by atoms with Crippen LogP contribution in [0.25, 0.3) is 0 Å². The normalized spacial score (nSPS) is 12.4. The number of ether oxygens (including phenoxy) is 1. The van der Waals surface area contributed by atoms with Crippen LogP contribution in [0.2, 0.25) is 0 Å². The molecule has 0 fully saturated rings. The molecule has 1 heterocycles. The molecular weight excluding hydrogens is 390 g/mol. The fraction of sp³-hybridized carbons (Fsp3) is 0.286. The quantitative estimate of drug-likeness (QED) is 0.758. The zero-order valence-corrected chi connectivity index (χ0v) is 14.7. The van der Waals surface area contributed by atoms with Gasteiger partial charge in [0, 0.05) is 9.35 Å². The number of benzene rings is 1. The number of methoxy groups -OCH3 is 1. The lowest BCUT2D eigenvalue weighted by atomic mass is 10.1. The molecule has 2 nitrogen and oxygen atoms in total. The molecule has 0 radical (unpaired) electrons. The summed E-state index contributed by atoms with van der Waals surface area (Å²) in [5, 5.41) is 3.53. The van der Waals surface area contributed by atoms with Gasteiger partial charge in [-0.2, -0.15) is 0 Å². The first-order valence-corrected chi connectivity index (χ1v) is 8.38. The van der Waals surface area contributed by atoms with Gasteiger partial charge in [-0.15, -0.1) is 11.3 Å². The van der Waals surface area contributed by atoms with E-state index < -0.39 is 0 Å². The van der Waals surface area contributed by atoms with Crippen molar-refractivity contribution in [2.45, 2.75) is 13.0 Å². The number of halogens is 2. The Hall–Kier alpha value is -0.360. The Morgan fingerprint density at radius 2 is 2.05 bits per heavy atom. The predicted octanol–water partition coefficient (Wildman–Crippen LogP) is 4.98. The molecule has 1 N–H and O–H groups in total. The highest BCUT2D eigenvalue weighted by atomic mass is 79.9. The summed E-state index contributed by atoms with van der Waals surface area (Å²) in [6.45, 7) is 3.03. The molecule has 0 spiro atoms. The molecule has 1 unspecified atom stereocenters. The van der Waals surface area contributed by atoms with Gasteiger partial charge < -0.3 is 10.1 Å². The zero-order chi connectivity index (χ0) is 13.8. The van der Waals surface area contributed by atoms with Gasteiger partial charge in [0.2, 0.25) is 0 Å². The Kier molecular flexibility index (Phi) is 5.45. The van der Waals surface area contributed by atoms with E-state index in [1.807, 2.05) is 12.1 Å². The summed E-state index contributed by atoms with van der Waals surface area (Å²) in [5.41, 5.74) is 1.22. The van der Waals surface area contributed by atoms with Crippen LogP contribution < -0.4 is 10.1 Å². The monoisotopic (exact) mass is 403 g/mol. The Morgan fingerprint density at radius 3 is 2.58 bits per heavy atom. The highest BCUT2D eigenvalue weighted by Gasteiger charge is 2.18. The maximum Gasteiger partial charge on any atom is 0.120 e. The van der Waals surface area contributed by atoms with Gasteiger partial charge in [-0.25, -0.2) is 0 Å². The first-order valence-electron chi connectivity index (χ1n) is 5.97. The van der Waals surface area contributed by atoms with Crippen LogP contribution >= 0.6 is 43.2 Å². The molecule has 2 aromatic rings. The molecule has 0 saturated carbocycles. The van der Waals surface area contributed by atoms with Gasteiger partial charge in [0.25, 0.3) is 0 Å². The first kappa shape index (κ1) is 15.0. The van der Waals surface area contributed by atoms with Crippen LogP contribution in [0.4, 0.5) is 0 Å². The Labute approximate surface area is 134 Å². The SMILES string of the molecule is CCNC(c1ccc(Br)s1)c1ccc(OC)cc1Br. The van der Waals surface area contributed by atoms with E-state index >= 15 is 0 Å². The van der Waals surface area contributed by atoms with E-state index in [1.165, 1.54) is 10.4 Å². The third kappa shape index (κ3) is 3.60. The topological polar surface area (TPSA) is 21.3 Å². The molecule has 0 bridgehead atoms. The smallest absolute Gasteiger partial charge is 0.120 e. The van der Waals surface area contributed by atoms with E-state index in [0.29, 0.717) is 0 Å². The van der Waals surface area contributed by atoms with Gasteiger partial charge >= 0.3 is 0 Å². The lowest BCUT2D eigenvalue weighted by Gasteiger charge is -2.19. The van der Waals surface area contributed by atoms with Gasteiger partial charge in [0.05, 0.1) is 16.9 Å². The van der Waals surface area contributed by atoms with Crippen LogP contribution in [0.3, 0.4) is 0 Å². The van der Waals surface area contributed by atoms with Crippen LogP contribution in [0.1, 0.15) is 23.4 Å². The average Bonchev–Trinajstić information content (AvgIpc) is 2.83.